The molecule has 1 amide bonds. The van der Waals surface area contributed by atoms with Gasteiger partial charge in [-0.15, -0.1) is 0 Å². The fourth-order valence-corrected chi connectivity index (χ4v) is 3.40. The topological polar surface area (TPSA) is 38.3 Å². The summed E-state index contributed by atoms with van der Waals surface area (Å²) in [6.07, 6.45) is 0. The van der Waals surface area contributed by atoms with Gasteiger partial charge < -0.3 is 10.1 Å². The molecule has 1 atom stereocenters. The van der Waals surface area contributed by atoms with Gasteiger partial charge >= 0.3 is 0 Å². The van der Waals surface area contributed by atoms with Gasteiger partial charge in [0.1, 0.15) is 5.75 Å². The molecule has 3 rings (SSSR count). The monoisotopic (exact) mass is 347 g/mol. The molecule has 0 aliphatic rings. The zero-order chi connectivity index (χ0) is 18.8. The summed E-state index contributed by atoms with van der Waals surface area (Å²) in [4.78, 5) is 12.8. The summed E-state index contributed by atoms with van der Waals surface area (Å²) in [7, 11) is 1.66. The van der Waals surface area contributed by atoms with Crippen LogP contribution in [0.25, 0.3) is 10.8 Å². The van der Waals surface area contributed by atoms with Gasteiger partial charge in [0.05, 0.1) is 13.0 Å². The first-order valence-corrected chi connectivity index (χ1v) is 8.85. The van der Waals surface area contributed by atoms with E-state index in [1.807, 2.05) is 51.1 Å². The minimum absolute atomic E-state index is 0.00733. The average Bonchev–Trinajstić information content (AvgIpc) is 2.62. The molecule has 0 aliphatic carbocycles. The molecule has 3 aromatic rings. The Morgan fingerprint density at radius 3 is 2.19 bits per heavy atom. The number of carbonyl (C=O) groups is 1. The van der Waals surface area contributed by atoms with Crippen molar-refractivity contribution in [1.82, 2.24) is 0 Å². The van der Waals surface area contributed by atoms with E-state index >= 15 is 0 Å². The lowest BCUT2D eigenvalue weighted by Crippen LogP contribution is -2.20. The summed E-state index contributed by atoms with van der Waals surface area (Å²) in [6.45, 7) is 8.07. The molecular weight excluding hydrogens is 322 g/mol. The second-order valence-electron chi connectivity index (χ2n) is 6.96. The van der Waals surface area contributed by atoms with Gasteiger partial charge in [0.25, 0.3) is 0 Å². The third-order valence-corrected chi connectivity index (χ3v) is 4.89. The third-order valence-electron chi connectivity index (χ3n) is 4.89. The van der Waals surface area contributed by atoms with Gasteiger partial charge in [0, 0.05) is 5.69 Å². The normalized spacial score (nSPS) is 12.0. The van der Waals surface area contributed by atoms with Crippen molar-refractivity contribution < 1.29 is 9.53 Å². The number of amides is 1. The fourth-order valence-electron chi connectivity index (χ4n) is 3.40. The number of hydrogen-bond acceptors (Lipinski definition) is 2. The van der Waals surface area contributed by atoms with Gasteiger partial charge in [-0.1, -0.05) is 42.0 Å². The van der Waals surface area contributed by atoms with E-state index in [9.17, 15) is 4.79 Å². The maximum Gasteiger partial charge on any atom is 0.231 e. The maximum absolute atomic E-state index is 12.8. The van der Waals surface area contributed by atoms with Crippen LogP contribution >= 0.6 is 0 Å². The molecule has 0 bridgehead atoms. The molecule has 0 fully saturated rings. The molecule has 0 radical (unpaired) electrons. The lowest BCUT2D eigenvalue weighted by atomic mass is 9.96. The van der Waals surface area contributed by atoms with Crippen LogP contribution < -0.4 is 10.1 Å². The molecular formula is C23H25NO2. The van der Waals surface area contributed by atoms with Crippen molar-refractivity contribution in [2.45, 2.75) is 33.6 Å². The number of benzene rings is 3. The van der Waals surface area contributed by atoms with Gasteiger partial charge in [-0.3, -0.25) is 4.79 Å². The van der Waals surface area contributed by atoms with E-state index in [1.54, 1.807) is 7.11 Å². The molecule has 0 aliphatic heterocycles. The van der Waals surface area contributed by atoms with E-state index in [0.29, 0.717) is 0 Å². The Morgan fingerprint density at radius 2 is 1.54 bits per heavy atom. The Kier molecular flexibility index (Phi) is 4.99. The van der Waals surface area contributed by atoms with Crippen molar-refractivity contribution in [2.24, 2.45) is 0 Å². The maximum atomic E-state index is 12.8. The molecule has 1 unspecified atom stereocenters. The summed E-state index contributed by atoms with van der Waals surface area (Å²) in [5.41, 5.74) is 5.30. The number of aryl methyl sites for hydroxylation is 3. The molecule has 0 saturated carbocycles. The number of methoxy groups -OCH3 is 1. The molecule has 3 aromatic carbocycles. The van der Waals surface area contributed by atoms with Crippen molar-refractivity contribution in [3.8, 4) is 5.75 Å². The van der Waals surface area contributed by atoms with Crippen LogP contribution in [0.3, 0.4) is 0 Å². The Bertz CT molecular complexity index is 952. The summed E-state index contributed by atoms with van der Waals surface area (Å²) >= 11 is 0. The van der Waals surface area contributed by atoms with Crippen LogP contribution in [0.4, 0.5) is 5.69 Å². The zero-order valence-corrected chi connectivity index (χ0v) is 16.0. The highest BCUT2D eigenvalue weighted by molar-refractivity contribution is 5.97. The lowest BCUT2D eigenvalue weighted by Gasteiger charge is -2.17. The molecule has 0 heterocycles. The van der Waals surface area contributed by atoms with E-state index < -0.39 is 0 Å². The largest absolute Gasteiger partial charge is 0.497 e. The number of hydrogen-bond donors (Lipinski definition) is 1. The summed E-state index contributed by atoms with van der Waals surface area (Å²) < 4.78 is 5.27. The minimum atomic E-state index is -0.235. The predicted molar refractivity (Wildman–Crippen MR) is 108 cm³/mol. The average molecular weight is 347 g/mol. The van der Waals surface area contributed by atoms with Crippen LogP contribution in [0.2, 0.25) is 0 Å². The molecule has 0 aromatic heterocycles. The molecule has 0 saturated heterocycles. The van der Waals surface area contributed by atoms with E-state index in [2.05, 4.69) is 30.4 Å². The van der Waals surface area contributed by atoms with Crippen LogP contribution in [0, 0.1) is 20.8 Å². The second kappa shape index (κ2) is 7.20. The quantitative estimate of drug-likeness (QED) is 0.675. The first-order chi connectivity index (χ1) is 12.4. The first-order valence-electron chi connectivity index (χ1n) is 8.85. The highest BCUT2D eigenvalue weighted by atomic mass is 16.5. The van der Waals surface area contributed by atoms with Crippen LogP contribution in [0.15, 0.2) is 48.5 Å². The van der Waals surface area contributed by atoms with Crippen LogP contribution in [0.5, 0.6) is 5.75 Å². The van der Waals surface area contributed by atoms with Crippen LogP contribution in [-0.2, 0) is 4.79 Å². The Hall–Kier alpha value is -2.81. The predicted octanol–water partition coefficient (Wildman–Crippen LogP) is 5.52. The smallest absolute Gasteiger partial charge is 0.231 e. The first kappa shape index (κ1) is 18.0. The van der Waals surface area contributed by atoms with Crippen molar-refractivity contribution in [3.63, 3.8) is 0 Å². The molecule has 1 N–H and O–H groups in total. The molecule has 0 spiro atoms. The molecule has 3 nitrogen and oxygen atoms in total. The number of rotatable bonds is 4. The van der Waals surface area contributed by atoms with Gasteiger partial charge in [-0.25, -0.2) is 0 Å². The van der Waals surface area contributed by atoms with Gasteiger partial charge in [-0.2, -0.15) is 0 Å². The summed E-state index contributed by atoms with van der Waals surface area (Å²) in [5, 5.41) is 5.32. The number of nitrogens with one attached hydrogen (secondary N) is 1. The SMILES string of the molecule is COc1ccc2cc(C(C)C(=O)Nc3c(C)cc(C)cc3C)ccc2c1. The Morgan fingerprint density at radius 1 is 0.923 bits per heavy atom. The van der Waals surface area contributed by atoms with E-state index in [0.717, 1.165) is 38.9 Å². The highest BCUT2D eigenvalue weighted by Crippen LogP contribution is 2.27. The van der Waals surface area contributed by atoms with Gasteiger partial charge in [0.15, 0.2) is 0 Å². The van der Waals surface area contributed by atoms with E-state index in [1.165, 1.54) is 5.56 Å². The Labute approximate surface area is 155 Å². The lowest BCUT2D eigenvalue weighted by molar-refractivity contribution is -0.117. The number of carbonyl (C=O) groups excluding carboxylic acids is 1. The third kappa shape index (κ3) is 3.57. The van der Waals surface area contributed by atoms with Gasteiger partial charge in [-0.05, 0) is 67.3 Å². The Balaban J connectivity index is 1.85. The van der Waals surface area contributed by atoms with E-state index in [-0.39, 0.29) is 11.8 Å². The van der Waals surface area contributed by atoms with Crippen molar-refractivity contribution in [2.75, 3.05) is 12.4 Å². The highest BCUT2D eigenvalue weighted by Gasteiger charge is 2.17. The number of fused-ring (bicyclic) bond motifs is 1. The standard InChI is InChI=1S/C23H25NO2/c1-14-10-15(2)22(16(3)11-14)24-23(25)17(4)18-6-7-20-13-21(26-5)9-8-19(20)12-18/h6-13,17H,1-5H3,(H,24,25). The molecule has 3 heteroatoms. The zero-order valence-electron chi connectivity index (χ0n) is 16.0. The van der Waals surface area contributed by atoms with E-state index in [4.69, 9.17) is 4.74 Å². The minimum Gasteiger partial charge on any atom is -0.497 e. The number of anilines is 1. The van der Waals surface area contributed by atoms with Crippen LogP contribution in [-0.4, -0.2) is 13.0 Å². The molecule has 134 valence electrons. The van der Waals surface area contributed by atoms with Crippen LogP contribution in [0.1, 0.15) is 35.1 Å². The number of ether oxygens (including phenoxy) is 1. The second-order valence-corrected chi connectivity index (χ2v) is 6.96. The molecule has 26 heavy (non-hydrogen) atoms. The van der Waals surface area contributed by atoms with Crippen molar-refractivity contribution in [1.29, 1.82) is 0 Å². The van der Waals surface area contributed by atoms with Gasteiger partial charge in [0.2, 0.25) is 5.91 Å². The summed E-state index contributed by atoms with van der Waals surface area (Å²) in [6, 6.07) is 16.3. The van der Waals surface area contributed by atoms with Crippen molar-refractivity contribution in [3.05, 3.63) is 70.8 Å². The fraction of sp³-hybridized carbons (Fsp3) is 0.261. The van der Waals surface area contributed by atoms with Crippen molar-refractivity contribution >= 4 is 22.4 Å². The summed E-state index contributed by atoms with van der Waals surface area (Å²) in [5.74, 6) is 0.607.